The zero-order valence-corrected chi connectivity index (χ0v) is 12.7. The normalized spacial score (nSPS) is 15.7. The van der Waals surface area contributed by atoms with Gasteiger partial charge in [-0.3, -0.25) is 14.9 Å². The first kappa shape index (κ1) is 15.5. The molecule has 0 radical (unpaired) electrons. The van der Waals surface area contributed by atoms with Crippen LogP contribution in [0.2, 0.25) is 0 Å². The van der Waals surface area contributed by atoms with E-state index in [1.807, 2.05) is 0 Å². The van der Waals surface area contributed by atoms with Crippen LogP contribution >= 0.6 is 0 Å². The van der Waals surface area contributed by atoms with E-state index in [1.54, 1.807) is 12.1 Å². The SMILES string of the molecule is CCN(c1ccc([N+](=O)[O-])c(C(C)=O)c1)C1CCCCC1. The minimum Gasteiger partial charge on any atom is -0.369 e. The van der Waals surface area contributed by atoms with Gasteiger partial charge in [0.15, 0.2) is 5.78 Å². The van der Waals surface area contributed by atoms with Gasteiger partial charge in [-0.2, -0.15) is 0 Å². The van der Waals surface area contributed by atoms with Gasteiger partial charge in [-0.05, 0) is 38.8 Å². The Labute approximate surface area is 125 Å². The molecular weight excluding hydrogens is 268 g/mol. The van der Waals surface area contributed by atoms with E-state index >= 15 is 0 Å². The van der Waals surface area contributed by atoms with Crippen molar-refractivity contribution in [2.45, 2.75) is 52.0 Å². The Balaban J connectivity index is 2.35. The number of nitro benzene ring substituents is 1. The Bertz CT molecular complexity index is 536. The summed E-state index contributed by atoms with van der Waals surface area (Å²) in [6.07, 6.45) is 6.05. The zero-order valence-electron chi connectivity index (χ0n) is 12.7. The van der Waals surface area contributed by atoms with E-state index in [-0.39, 0.29) is 17.0 Å². The number of carbonyl (C=O) groups excluding carboxylic acids is 1. The molecule has 0 saturated heterocycles. The Morgan fingerprint density at radius 2 is 2.00 bits per heavy atom. The van der Waals surface area contributed by atoms with E-state index in [1.165, 1.54) is 32.3 Å². The second-order valence-corrected chi connectivity index (χ2v) is 5.59. The summed E-state index contributed by atoms with van der Waals surface area (Å²) >= 11 is 0. The van der Waals surface area contributed by atoms with Crippen molar-refractivity contribution in [1.29, 1.82) is 0 Å². The van der Waals surface area contributed by atoms with Crippen LogP contribution in [0.5, 0.6) is 0 Å². The summed E-state index contributed by atoms with van der Waals surface area (Å²) in [6.45, 7) is 4.31. The topological polar surface area (TPSA) is 63.4 Å². The Hall–Kier alpha value is -1.91. The van der Waals surface area contributed by atoms with Gasteiger partial charge in [-0.25, -0.2) is 0 Å². The summed E-state index contributed by atoms with van der Waals surface area (Å²) in [6, 6.07) is 5.38. The van der Waals surface area contributed by atoms with Gasteiger partial charge < -0.3 is 4.90 Å². The summed E-state index contributed by atoms with van der Waals surface area (Å²) in [4.78, 5) is 24.5. The molecular formula is C16H22N2O3. The quantitative estimate of drug-likeness (QED) is 0.468. The molecule has 0 atom stereocenters. The molecule has 5 nitrogen and oxygen atoms in total. The van der Waals surface area contributed by atoms with Crippen molar-refractivity contribution < 1.29 is 9.72 Å². The zero-order chi connectivity index (χ0) is 15.4. The van der Waals surface area contributed by atoms with Crippen molar-refractivity contribution in [3.8, 4) is 0 Å². The lowest BCUT2D eigenvalue weighted by Crippen LogP contribution is -2.36. The van der Waals surface area contributed by atoms with Crippen LogP contribution < -0.4 is 4.90 Å². The fraction of sp³-hybridized carbons (Fsp3) is 0.562. The first-order chi connectivity index (χ1) is 10.0. The number of Topliss-reactive ketones (excluding diaryl/α,β-unsaturated/α-hetero) is 1. The minimum absolute atomic E-state index is 0.106. The maximum absolute atomic E-state index is 11.7. The molecule has 2 rings (SSSR count). The summed E-state index contributed by atoms with van der Waals surface area (Å²) in [5, 5.41) is 11.0. The number of ketones is 1. The third-order valence-electron chi connectivity index (χ3n) is 4.24. The number of nitrogens with zero attached hydrogens (tertiary/aromatic N) is 2. The summed E-state index contributed by atoms with van der Waals surface area (Å²) < 4.78 is 0. The van der Waals surface area contributed by atoms with Crippen molar-refractivity contribution in [2.75, 3.05) is 11.4 Å². The molecule has 1 aliphatic rings. The fourth-order valence-corrected chi connectivity index (χ4v) is 3.19. The van der Waals surface area contributed by atoms with Crippen molar-refractivity contribution in [3.05, 3.63) is 33.9 Å². The second-order valence-electron chi connectivity index (χ2n) is 5.59. The number of hydrogen-bond donors (Lipinski definition) is 0. The van der Waals surface area contributed by atoms with Gasteiger partial charge in [-0.1, -0.05) is 19.3 Å². The standard InChI is InChI=1S/C16H22N2O3/c1-3-17(13-7-5-4-6-8-13)14-9-10-16(18(20)21)15(11-14)12(2)19/h9-11,13H,3-8H2,1-2H3. The monoisotopic (exact) mass is 290 g/mol. The Morgan fingerprint density at radius 3 is 2.52 bits per heavy atom. The maximum atomic E-state index is 11.7. The summed E-state index contributed by atoms with van der Waals surface area (Å²) in [5.74, 6) is -0.261. The Kier molecular flexibility index (Phi) is 4.94. The number of anilines is 1. The van der Waals surface area contributed by atoms with Gasteiger partial charge in [-0.15, -0.1) is 0 Å². The van der Waals surface area contributed by atoms with Crippen LogP contribution in [0.1, 0.15) is 56.3 Å². The molecule has 0 amide bonds. The smallest absolute Gasteiger partial charge is 0.280 e. The highest BCUT2D eigenvalue weighted by atomic mass is 16.6. The van der Waals surface area contributed by atoms with Gasteiger partial charge >= 0.3 is 0 Å². The molecule has 0 bridgehead atoms. The van der Waals surface area contributed by atoms with Crippen molar-refractivity contribution >= 4 is 17.2 Å². The first-order valence-corrected chi connectivity index (χ1v) is 7.60. The second kappa shape index (κ2) is 6.70. The van der Waals surface area contributed by atoms with E-state index in [0.29, 0.717) is 6.04 Å². The van der Waals surface area contributed by atoms with Gasteiger partial charge in [0.25, 0.3) is 5.69 Å². The van der Waals surface area contributed by atoms with E-state index in [2.05, 4.69) is 11.8 Å². The molecule has 0 aromatic heterocycles. The molecule has 1 aromatic carbocycles. The highest BCUT2D eigenvalue weighted by Crippen LogP contribution is 2.30. The number of benzene rings is 1. The summed E-state index contributed by atoms with van der Waals surface area (Å²) in [7, 11) is 0. The van der Waals surface area contributed by atoms with Gasteiger partial charge in [0.05, 0.1) is 10.5 Å². The van der Waals surface area contributed by atoms with Gasteiger partial charge in [0.2, 0.25) is 0 Å². The van der Waals surface area contributed by atoms with Crippen LogP contribution in [0.3, 0.4) is 0 Å². The Morgan fingerprint density at radius 1 is 1.33 bits per heavy atom. The largest absolute Gasteiger partial charge is 0.369 e. The van der Waals surface area contributed by atoms with Crippen LogP contribution in [0.15, 0.2) is 18.2 Å². The van der Waals surface area contributed by atoms with Crippen LogP contribution in [0, 0.1) is 10.1 Å². The lowest BCUT2D eigenvalue weighted by Gasteiger charge is -2.35. The molecule has 21 heavy (non-hydrogen) atoms. The average Bonchev–Trinajstić information content (AvgIpc) is 2.48. The molecule has 1 saturated carbocycles. The minimum atomic E-state index is -0.489. The fourth-order valence-electron chi connectivity index (χ4n) is 3.19. The van der Waals surface area contributed by atoms with Crippen LogP contribution in [0.25, 0.3) is 0 Å². The maximum Gasteiger partial charge on any atom is 0.280 e. The molecule has 1 aliphatic carbocycles. The van der Waals surface area contributed by atoms with Gasteiger partial charge in [0, 0.05) is 24.3 Å². The van der Waals surface area contributed by atoms with Crippen LogP contribution in [-0.4, -0.2) is 23.3 Å². The van der Waals surface area contributed by atoms with Crippen molar-refractivity contribution in [2.24, 2.45) is 0 Å². The van der Waals surface area contributed by atoms with Crippen LogP contribution in [0.4, 0.5) is 11.4 Å². The molecule has 114 valence electrons. The molecule has 5 heteroatoms. The average molecular weight is 290 g/mol. The van der Waals surface area contributed by atoms with Crippen molar-refractivity contribution in [1.82, 2.24) is 0 Å². The van der Waals surface area contributed by atoms with E-state index in [4.69, 9.17) is 0 Å². The first-order valence-electron chi connectivity index (χ1n) is 7.60. The van der Waals surface area contributed by atoms with E-state index < -0.39 is 4.92 Å². The lowest BCUT2D eigenvalue weighted by atomic mass is 9.93. The highest BCUT2D eigenvalue weighted by Gasteiger charge is 2.23. The molecule has 1 aromatic rings. The predicted octanol–water partition coefficient (Wildman–Crippen LogP) is 3.96. The summed E-state index contributed by atoms with van der Waals surface area (Å²) in [5.41, 5.74) is 1.01. The predicted molar refractivity (Wildman–Crippen MR) is 83.0 cm³/mol. The molecule has 0 N–H and O–H groups in total. The molecule has 0 heterocycles. The lowest BCUT2D eigenvalue weighted by molar-refractivity contribution is -0.385. The third-order valence-corrected chi connectivity index (χ3v) is 4.24. The number of rotatable bonds is 5. The van der Waals surface area contributed by atoms with Crippen LogP contribution in [-0.2, 0) is 0 Å². The van der Waals surface area contributed by atoms with Gasteiger partial charge in [0.1, 0.15) is 0 Å². The number of hydrogen-bond acceptors (Lipinski definition) is 4. The number of carbonyl (C=O) groups is 1. The van der Waals surface area contributed by atoms with E-state index in [9.17, 15) is 14.9 Å². The molecule has 0 spiro atoms. The third kappa shape index (κ3) is 3.40. The number of nitro groups is 1. The highest BCUT2D eigenvalue weighted by molar-refractivity contribution is 5.99. The molecule has 0 aliphatic heterocycles. The molecule has 0 unspecified atom stereocenters. The van der Waals surface area contributed by atoms with Crippen molar-refractivity contribution in [3.63, 3.8) is 0 Å². The van der Waals surface area contributed by atoms with E-state index in [0.717, 1.165) is 25.1 Å². The molecule has 1 fully saturated rings.